The molecule has 0 saturated heterocycles. The van der Waals surface area contributed by atoms with Crippen LogP contribution in [-0.2, 0) is 11.2 Å². The van der Waals surface area contributed by atoms with Crippen LogP contribution in [-0.4, -0.2) is 21.3 Å². The van der Waals surface area contributed by atoms with Crippen LogP contribution in [0.2, 0.25) is 0 Å². The lowest BCUT2D eigenvalue weighted by atomic mass is 10.1. The van der Waals surface area contributed by atoms with Gasteiger partial charge in [0.2, 0.25) is 0 Å². The van der Waals surface area contributed by atoms with E-state index in [1.54, 1.807) is 6.07 Å². The van der Waals surface area contributed by atoms with Crippen molar-refractivity contribution in [1.29, 1.82) is 0 Å². The lowest BCUT2D eigenvalue weighted by Crippen LogP contribution is -2.00. The number of rotatable bonds is 2. The van der Waals surface area contributed by atoms with Crippen LogP contribution in [0, 0.1) is 5.82 Å². The van der Waals surface area contributed by atoms with Crippen LogP contribution in [0.15, 0.2) is 18.2 Å². The summed E-state index contributed by atoms with van der Waals surface area (Å²) in [4.78, 5) is 10.5. The molecule has 0 radical (unpaired) electrons. The number of nitrogens with zero attached hydrogens (tertiary/aromatic N) is 1. The number of carbonyl (C=O) groups is 1. The van der Waals surface area contributed by atoms with Crippen LogP contribution in [0.1, 0.15) is 5.69 Å². The topological polar surface area (TPSA) is 66.0 Å². The molecular weight excluding hydrogens is 187 g/mol. The number of aliphatic carboxylic acids is 1. The van der Waals surface area contributed by atoms with Gasteiger partial charge < -0.3 is 5.11 Å². The molecule has 0 bridgehead atoms. The number of para-hydroxylation sites is 1. The Hall–Kier alpha value is -1.91. The Morgan fingerprint density at radius 2 is 2.36 bits per heavy atom. The number of H-pyrrole nitrogens is 1. The zero-order valence-corrected chi connectivity index (χ0v) is 7.12. The molecule has 0 aliphatic rings. The van der Waals surface area contributed by atoms with E-state index in [9.17, 15) is 9.18 Å². The third-order valence-electron chi connectivity index (χ3n) is 1.94. The van der Waals surface area contributed by atoms with Gasteiger partial charge in [0.1, 0.15) is 5.52 Å². The van der Waals surface area contributed by atoms with Gasteiger partial charge in [0.05, 0.1) is 12.1 Å². The lowest BCUT2D eigenvalue weighted by molar-refractivity contribution is -0.136. The van der Waals surface area contributed by atoms with Crippen molar-refractivity contribution in [2.45, 2.75) is 6.42 Å². The number of carboxylic acids is 1. The van der Waals surface area contributed by atoms with Crippen molar-refractivity contribution in [2.75, 3.05) is 0 Å². The summed E-state index contributed by atoms with van der Waals surface area (Å²) in [5.41, 5.74) is 0.607. The quantitative estimate of drug-likeness (QED) is 0.757. The predicted octanol–water partition coefficient (Wildman–Crippen LogP) is 1.33. The van der Waals surface area contributed by atoms with Crippen LogP contribution in [0.3, 0.4) is 0 Å². The van der Waals surface area contributed by atoms with E-state index >= 15 is 0 Å². The van der Waals surface area contributed by atoms with Crippen molar-refractivity contribution >= 4 is 16.9 Å². The summed E-state index contributed by atoms with van der Waals surface area (Å²) in [7, 11) is 0. The van der Waals surface area contributed by atoms with Gasteiger partial charge in [-0.2, -0.15) is 5.10 Å². The molecule has 72 valence electrons. The Kier molecular flexibility index (Phi) is 1.92. The second-order valence-corrected chi connectivity index (χ2v) is 2.91. The van der Waals surface area contributed by atoms with Gasteiger partial charge in [0, 0.05) is 5.39 Å². The van der Waals surface area contributed by atoms with Crippen molar-refractivity contribution in [3.05, 3.63) is 29.7 Å². The molecule has 1 aromatic carbocycles. The highest BCUT2D eigenvalue weighted by Crippen LogP contribution is 2.18. The van der Waals surface area contributed by atoms with Crippen LogP contribution in [0.4, 0.5) is 4.39 Å². The Labute approximate surface area is 78.4 Å². The van der Waals surface area contributed by atoms with Gasteiger partial charge in [0.25, 0.3) is 0 Å². The molecule has 0 saturated carbocycles. The molecule has 2 aromatic rings. The second kappa shape index (κ2) is 3.10. The summed E-state index contributed by atoms with van der Waals surface area (Å²) >= 11 is 0. The highest BCUT2D eigenvalue weighted by Gasteiger charge is 2.10. The van der Waals surface area contributed by atoms with E-state index in [0.29, 0.717) is 11.1 Å². The largest absolute Gasteiger partial charge is 0.481 e. The molecule has 5 heteroatoms. The van der Waals surface area contributed by atoms with Crippen molar-refractivity contribution in [3.63, 3.8) is 0 Å². The minimum Gasteiger partial charge on any atom is -0.481 e. The molecule has 0 spiro atoms. The maximum Gasteiger partial charge on any atom is 0.309 e. The van der Waals surface area contributed by atoms with E-state index in [4.69, 9.17) is 5.11 Å². The summed E-state index contributed by atoms with van der Waals surface area (Å²) in [5, 5.41) is 15.3. The van der Waals surface area contributed by atoms with Gasteiger partial charge in [-0.05, 0) is 6.07 Å². The summed E-state index contributed by atoms with van der Waals surface area (Å²) in [6.45, 7) is 0. The van der Waals surface area contributed by atoms with Crippen molar-refractivity contribution in [3.8, 4) is 0 Å². The standard InChI is InChI=1S/C9H7FN2O2/c10-6-3-1-2-5-7(4-8(13)14)11-12-9(5)6/h1-3H,4H2,(H,11,12)(H,13,14). The predicted molar refractivity (Wildman–Crippen MR) is 47.4 cm³/mol. The molecule has 0 aliphatic carbocycles. The zero-order chi connectivity index (χ0) is 10.1. The summed E-state index contributed by atoms with van der Waals surface area (Å²) in [5.74, 6) is -1.42. The highest BCUT2D eigenvalue weighted by molar-refractivity contribution is 5.85. The Bertz CT molecular complexity index is 493. The van der Waals surface area contributed by atoms with Gasteiger partial charge in [-0.3, -0.25) is 9.89 Å². The minimum atomic E-state index is -0.972. The fourth-order valence-corrected chi connectivity index (χ4v) is 1.34. The first kappa shape index (κ1) is 8.68. The van der Waals surface area contributed by atoms with Crippen LogP contribution >= 0.6 is 0 Å². The monoisotopic (exact) mass is 194 g/mol. The second-order valence-electron chi connectivity index (χ2n) is 2.91. The molecule has 0 aliphatic heterocycles. The van der Waals surface area contributed by atoms with Gasteiger partial charge in [-0.15, -0.1) is 0 Å². The number of fused-ring (bicyclic) bond motifs is 1. The lowest BCUT2D eigenvalue weighted by Gasteiger charge is -1.92. The Balaban J connectivity index is 2.58. The molecular formula is C9H7FN2O2. The maximum atomic E-state index is 13.1. The average Bonchev–Trinajstić information content (AvgIpc) is 2.49. The number of benzene rings is 1. The van der Waals surface area contributed by atoms with Gasteiger partial charge in [0.15, 0.2) is 5.82 Å². The normalized spacial score (nSPS) is 10.6. The van der Waals surface area contributed by atoms with E-state index in [1.807, 2.05) is 0 Å². The van der Waals surface area contributed by atoms with Crippen LogP contribution in [0.5, 0.6) is 0 Å². The van der Waals surface area contributed by atoms with Crippen molar-refractivity contribution < 1.29 is 14.3 Å². The first-order chi connectivity index (χ1) is 6.68. The molecule has 0 unspecified atom stereocenters. The van der Waals surface area contributed by atoms with Crippen molar-refractivity contribution in [2.24, 2.45) is 0 Å². The van der Waals surface area contributed by atoms with Crippen molar-refractivity contribution in [1.82, 2.24) is 10.2 Å². The molecule has 2 N–H and O–H groups in total. The van der Waals surface area contributed by atoms with Gasteiger partial charge >= 0.3 is 5.97 Å². The van der Waals surface area contributed by atoms with Crippen LogP contribution in [0.25, 0.3) is 10.9 Å². The zero-order valence-electron chi connectivity index (χ0n) is 7.12. The molecule has 0 atom stereocenters. The molecule has 0 fully saturated rings. The Morgan fingerprint density at radius 1 is 1.57 bits per heavy atom. The fourth-order valence-electron chi connectivity index (χ4n) is 1.34. The van der Waals surface area contributed by atoms with E-state index in [-0.39, 0.29) is 11.9 Å². The first-order valence-electron chi connectivity index (χ1n) is 4.02. The smallest absolute Gasteiger partial charge is 0.309 e. The molecule has 2 rings (SSSR count). The third kappa shape index (κ3) is 1.32. The number of nitrogens with one attached hydrogen (secondary N) is 1. The SMILES string of the molecule is O=C(O)Cc1[nH]nc2c(F)cccc12. The third-order valence-corrected chi connectivity index (χ3v) is 1.94. The number of aromatic nitrogens is 2. The number of aromatic amines is 1. The summed E-state index contributed by atoms with van der Waals surface area (Å²) in [6.07, 6.45) is -0.181. The Morgan fingerprint density at radius 3 is 3.07 bits per heavy atom. The summed E-state index contributed by atoms with van der Waals surface area (Å²) in [6, 6.07) is 4.45. The molecule has 0 amide bonds. The number of halogens is 1. The number of hydrogen-bond donors (Lipinski definition) is 2. The van der Waals surface area contributed by atoms with Gasteiger partial charge in [-0.25, -0.2) is 4.39 Å². The highest BCUT2D eigenvalue weighted by atomic mass is 19.1. The fraction of sp³-hybridized carbons (Fsp3) is 0.111. The molecule has 1 heterocycles. The average molecular weight is 194 g/mol. The molecule has 4 nitrogen and oxygen atoms in total. The van der Waals surface area contributed by atoms with E-state index in [1.165, 1.54) is 12.1 Å². The summed E-state index contributed by atoms with van der Waals surface area (Å²) < 4.78 is 13.1. The van der Waals surface area contributed by atoms with Gasteiger partial charge in [-0.1, -0.05) is 12.1 Å². The number of hydrogen-bond acceptors (Lipinski definition) is 2. The number of carboxylic acid groups (broad SMARTS) is 1. The molecule has 1 aromatic heterocycles. The van der Waals surface area contributed by atoms with Crippen LogP contribution < -0.4 is 0 Å². The molecule has 14 heavy (non-hydrogen) atoms. The first-order valence-corrected chi connectivity index (χ1v) is 4.02. The van der Waals surface area contributed by atoms with E-state index in [2.05, 4.69) is 10.2 Å². The van der Waals surface area contributed by atoms with E-state index < -0.39 is 11.8 Å². The van der Waals surface area contributed by atoms with E-state index in [0.717, 1.165) is 0 Å². The maximum absolute atomic E-state index is 13.1. The minimum absolute atomic E-state index is 0.181.